The van der Waals surface area contributed by atoms with E-state index in [1.54, 1.807) is 11.9 Å². The van der Waals surface area contributed by atoms with Gasteiger partial charge in [-0.05, 0) is 60.8 Å². The van der Waals surface area contributed by atoms with Crippen LogP contribution < -0.4 is 10.6 Å². The zero-order valence-electron chi connectivity index (χ0n) is 17.6. The fourth-order valence-corrected chi connectivity index (χ4v) is 2.80. The van der Waals surface area contributed by atoms with Crippen molar-refractivity contribution in [3.8, 4) is 0 Å². The number of hydrogen-bond acceptors (Lipinski definition) is 4. The van der Waals surface area contributed by atoms with E-state index in [0.717, 1.165) is 44.9 Å². The number of hydrogen-bond donors (Lipinski definition) is 2. The Balaban J connectivity index is 2.35. The number of carbonyl (C=O) groups is 1. The van der Waals surface area contributed by atoms with Crippen molar-refractivity contribution < 1.29 is 14.3 Å². The number of nitrogens with one attached hydrogen (secondary N) is 2. The minimum Gasteiger partial charge on any atom is -0.444 e. The van der Waals surface area contributed by atoms with Crippen molar-refractivity contribution in [3.63, 3.8) is 0 Å². The SMILES string of the molecule is CN=C(NCCCN(C(=O)OC(C)(C)C)C(C)C)NCC1(C)CCCO1. The van der Waals surface area contributed by atoms with Crippen molar-refractivity contribution in [1.82, 2.24) is 15.5 Å². The Kier molecular flexibility index (Phi) is 8.67. The highest BCUT2D eigenvalue weighted by Gasteiger charge is 2.29. The first-order valence-corrected chi connectivity index (χ1v) is 9.64. The molecule has 0 radical (unpaired) electrons. The molecule has 2 N–H and O–H groups in total. The first kappa shape index (κ1) is 22.5. The van der Waals surface area contributed by atoms with Crippen molar-refractivity contribution in [2.24, 2.45) is 4.99 Å². The summed E-state index contributed by atoms with van der Waals surface area (Å²) >= 11 is 0. The van der Waals surface area contributed by atoms with Crippen LogP contribution in [0.1, 0.15) is 60.8 Å². The van der Waals surface area contributed by atoms with Gasteiger partial charge in [-0.15, -0.1) is 0 Å². The highest BCUT2D eigenvalue weighted by molar-refractivity contribution is 5.79. The summed E-state index contributed by atoms with van der Waals surface area (Å²) in [6.45, 7) is 14.7. The van der Waals surface area contributed by atoms with Crippen molar-refractivity contribution in [1.29, 1.82) is 0 Å². The first-order valence-electron chi connectivity index (χ1n) is 9.64. The van der Waals surface area contributed by atoms with E-state index in [1.165, 1.54) is 0 Å². The molecule has 7 nitrogen and oxygen atoms in total. The number of nitrogens with zero attached hydrogens (tertiary/aromatic N) is 2. The van der Waals surface area contributed by atoms with E-state index >= 15 is 0 Å². The summed E-state index contributed by atoms with van der Waals surface area (Å²) in [6, 6.07) is 0.0988. The topological polar surface area (TPSA) is 75.2 Å². The minimum atomic E-state index is -0.479. The zero-order chi connectivity index (χ0) is 19.8. The monoisotopic (exact) mass is 370 g/mol. The fraction of sp³-hybridized carbons (Fsp3) is 0.895. The van der Waals surface area contributed by atoms with Gasteiger partial charge in [-0.25, -0.2) is 4.79 Å². The Morgan fingerprint density at radius 1 is 1.35 bits per heavy atom. The van der Waals surface area contributed by atoms with Gasteiger partial charge in [-0.1, -0.05) is 0 Å². The van der Waals surface area contributed by atoms with Crippen LogP contribution in [0.3, 0.4) is 0 Å². The van der Waals surface area contributed by atoms with E-state index in [0.29, 0.717) is 6.54 Å². The van der Waals surface area contributed by atoms with Gasteiger partial charge in [0.1, 0.15) is 5.60 Å². The second kappa shape index (κ2) is 10.00. The average Bonchev–Trinajstić information content (AvgIpc) is 2.94. The fourth-order valence-electron chi connectivity index (χ4n) is 2.80. The molecule has 0 bridgehead atoms. The highest BCUT2D eigenvalue weighted by Crippen LogP contribution is 2.23. The van der Waals surface area contributed by atoms with Crippen molar-refractivity contribution in [3.05, 3.63) is 0 Å². The van der Waals surface area contributed by atoms with Crippen LogP contribution in [0.4, 0.5) is 4.79 Å². The smallest absolute Gasteiger partial charge is 0.410 e. The lowest BCUT2D eigenvalue weighted by atomic mass is 10.0. The summed E-state index contributed by atoms with van der Waals surface area (Å²) in [5.41, 5.74) is -0.588. The first-order chi connectivity index (χ1) is 12.1. The van der Waals surface area contributed by atoms with Crippen LogP contribution >= 0.6 is 0 Å². The molecule has 1 amide bonds. The lowest BCUT2D eigenvalue weighted by Crippen LogP contribution is -2.46. The van der Waals surface area contributed by atoms with Crippen molar-refractivity contribution >= 4 is 12.1 Å². The second-order valence-corrected chi connectivity index (χ2v) is 8.38. The molecule has 1 saturated heterocycles. The molecule has 152 valence electrons. The van der Waals surface area contributed by atoms with E-state index < -0.39 is 5.60 Å². The van der Waals surface area contributed by atoms with Gasteiger partial charge >= 0.3 is 6.09 Å². The van der Waals surface area contributed by atoms with E-state index in [-0.39, 0.29) is 17.7 Å². The number of amides is 1. The Labute approximate surface area is 158 Å². The molecule has 0 spiro atoms. The van der Waals surface area contributed by atoms with Crippen LogP contribution in [-0.2, 0) is 9.47 Å². The summed E-state index contributed by atoms with van der Waals surface area (Å²) in [5, 5.41) is 6.62. The van der Waals surface area contributed by atoms with Crippen molar-refractivity contribution in [2.75, 3.05) is 33.3 Å². The van der Waals surface area contributed by atoms with Gasteiger partial charge in [0, 0.05) is 39.3 Å². The molecule has 0 aromatic heterocycles. The lowest BCUT2D eigenvalue weighted by Gasteiger charge is -2.30. The summed E-state index contributed by atoms with van der Waals surface area (Å²) in [7, 11) is 1.76. The molecule has 1 unspecified atom stereocenters. The molecule has 0 saturated carbocycles. The van der Waals surface area contributed by atoms with Crippen LogP contribution in [0.15, 0.2) is 4.99 Å². The van der Waals surface area contributed by atoms with Gasteiger partial charge in [-0.2, -0.15) is 0 Å². The molecule has 7 heteroatoms. The number of ether oxygens (including phenoxy) is 2. The maximum atomic E-state index is 12.3. The largest absolute Gasteiger partial charge is 0.444 e. The molecule has 1 rings (SSSR count). The lowest BCUT2D eigenvalue weighted by molar-refractivity contribution is 0.0188. The number of carbonyl (C=O) groups excluding carboxylic acids is 1. The highest BCUT2D eigenvalue weighted by atomic mass is 16.6. The van der Waals surface area contributed by atoms with Crippen LogP contribution in [0, 0.1) is 0 Å². The third-order valence-corrected chi connectivity index (χ3v) is 4.27. The van der Waals surface area contributed by atoms with Gasteiger partial charge in [0.25, 0.3) is 0 Å². The molecule has 1 heterocycles. The molecule has 0 aromatic carbocycles. The number of aliphatic imine (C=N–C) groups is 1. The molecule has 1 fully saturated rings. The van der Waals surface area contributed by atoms with Gasteiger partial charge in [0.05, 0.1) is 5.60 Å². The standard InChI is InChI=1S/C19H38N4O3/c1-15(2)23(17(24)26-18(3,4)5)12-9-11-21-16(20-7)22-14-19(6)10-8-13-25-19/h15H,8-14H2,1-7H3,(H2,20,21,22). The summed E-state index contributed by atoms with van der Waals surface area (Å²) in [6.07, 6.45) is 2.73. The maximum absolute atomic E-state index is 12.3. The molecule has 1 aliphatic heterocycles. The van der Waals surface area contributed by atoms with Crippen LogP contribution in [0.2, 0.25) is 0 Å². The predicted molar refractivity (Wildman–Crippen MR) is 106 cm³/mol. The molecule has 0 aromatic rings. The minimum absolute atomic E-state index is 0.0988. The Bertz CT molecular complexity index is 466. The molecule has 1 aliphatic rings. The normalized spacial score (nSPS) is 21.0. The molecule has 0 aliphatic carbocycles. The summed E-state index contributed by atoms with van der Waals surface area (Å²) in [5.74, 6) is 0.759. The van der Waals surface area contributed by atoms with E-state index in [2.05, 4.69) is 22.5 Å². The number of guanidine groups is 1. The molecular formula is C19H38N4O3. The van der Waals surface area contributed by atoms with Crippen LogP contribution in [0.25, 0.3) is 0 Å². The van der Waals surface area contributed by atoms with Gasteiger partial charge in [0.15, 0.2) is 5.96 Å². The van der Waals surface area contributed by atoms with Gasteiger partial charge in [0.2, 0.25) is 0 Å². The Morgan fingerprint density at radius 3 is 2.54 bits per heavy atom. The summed E-state index contributed by atoms with van der Waals surface area (Å²) < 4.78 is 11.3. The van der Waals surface area contributed by atoms with Crippen molar-refractivity contribution in [2.45, 2.75) is 78.0 Å². The van der Waals surface area contributed by atoms with Gasteiger partial charge < -0.3 is 25.0 Å². The Hall–Kier alpha value is -1.50. The number of rotatable bonds is 7. The molecule has 1 atom stereocenters. The third kappa shape index (κ3) is 8.25. The van der Waals surface area contributed by atoms with E-state index in [9.17, 15) is 4.79 Å². The zero-order valence-corrected chi connectivity index (χ0v) is 17.6. The van der Waals surface area contributed by atoms with Crippen LogP contribution in [-0.4, -0.2) is 67.5 Å². The quantitative estimate of drug-likeness (QED) is 0.409. The maximum Gasteiger partial charge on any atom is 0.410 e. The Morgan fingerprint density at radius 2 is 2.04 bits per heavy atom. The molecule has 26 heavy (non-hydrogen) atoms. The van der Waals surface area contributed by atoms with E-state index in [4.69, 9.17) is 9.47 Å². The molecular weight excluding hydrogens is 332 g/mol. The van der Waals surface area contributed by atoms with Gasteiger partial charge in [-0.3, -0.25) is 4.99 Å². The van der Waals surface area contributed by atoms with Crippen LogP contribution in [0.5, 0.6) is 0 Å². The van der Waals surface area contributed by atoms with E-state index in [1.807, 2.05) is 34.6 Å². The third-order valence-electron chi connectivity index (χ3n) is 4.27. The summed E-state index contributed by atoms with van der Waals surface area (Å²) in [4.78, 5) is 18.3. The average molecular weight is 371 g/mol. The predicted octanol–water partition coefficient (Wildman–Crippen LogP) is 2.76. The second-order valence-electron chi connectivity index (χ2n) is 8.38.